The Bertz CT molecular complexity index is 1090. The minimum Gasteiger partial charge on any atom is -0.507 e. The first-order valence-corrected chi connectivity index (χ1v) is 10.1. The molecule has 2 atom stereocenters. The Kier molecular flexibility index (Phi) is 4.91. The zero-order valence-electron chi connectivity index (χ0n) is 18.0. The molecule has 3 aromatic carbocycles. The summed E-state index contributed by atoms with van der Waals surface area (Å²) in [5.74, 6) is 1.92. The lowest BCUT2D eigenvalue weighted by Crippen LogP contribution is -2.38. The van der Waals surface area contributed by atoms with Crippen LogP contribution in [0, 0.1) is 6.92 Å². The maximum Gasteiger partial charge on any atom is 0.130 e. The molecule has 4 heteroatoms. The Morgan fingerprint density at radius 3 is 2.45 bits per heavy atom. The van der Waals surface area contributed by atoms with Crippen molar-refractivity contribution in [1.82, 2.24) is 4.90 Å². The van der Waals surface area contributed by atoms with Gasteiger partial charge in [0.2, 0.25) is 0 Å². The van der Waals surface area contributed by atoms with E-state index in [9.17, 15) is 5.11 Å². The molecule has 3 aromatic rings. The van der Waals surface area contributed by atoms with Gasteiger partial charge in [0.1, 0.15) is 17.2 Å². The molecule has 152 valence electrons. The highest BCUT2D eigenvalue weighted by Gasteiger charge is 2.30. The van der Waals surface area contributed by atoms with Crippen LogP contribution in [0.3, 0.4) is 0 Å². The molecule has 0 radical (unpaired) electrons. The first kappa shape index (κ1) is 19.6. The summed E-state index contributed by atoms with van der Waals surface area (Å²) >= 11 is 0. The molecule has 0 fully saturated rings. The van der Waals surface area contributed by atoms with Gasteiger partial charge in [0.15, 0.2) is 0 Å². The number of benzene rings is 3. The number of likely N-dealkylation sites (N-methyl/N-ethyl adjacent to an activating group) is 1. The second kappa shape index (κ2) is 7.27. The van der Waals surface area contributed by atoms with Crippen molar-refractivity contribution in [1.29, 1.82) is 0 Å². The Morgan fingerprint density at radius 2 is 1.76 bits per heavy atom. The Hall–Kier alpha value is -2.72. The third-order valence-electron chi connectivity index (χ3n) is 6.54. The van der Waals surface area contributed by atoms with Gasteiger partial charge in [-0.05, 0) is 68.4 Å². The van der Waals surface area contributed by atoms with E-state index >= 15 is 0 Å². The van der Waals surface area contributed by atoms with E-state index in [1.165, 1.54) is 5.56 Å². The minimum absolute atomic E-state index is 0.160. The van der Waals surface area contributed by atoms with E-state index in [-0.39, 0.29) is 6.04 Å². The van der Waals surface area contributed by atoms with Crippen LogP contribution in [0.1, 0.15) is 36.6 Å². The van der Waals surface area contributed by atoms with E-state index in [0.717, 1.165) is 50.9 Å². The highest BCUT2D eigenvalue weighted by molar-refractivity contribution is 6.05. The molecule has 0 spiro atoms. The van der Waals surface area contributed by atoms with Crippen LogP contribution in [-0.2, 0) is 6.42 Å². The summed E-state index contributed by atoms with van der Waals surface area (Å²) in [7, 11) is 5.47. The van der Waals surface area contributed by atoms with E-state index < -0.39 is 0 Å². The lowest BCUT2D eigenvalue weighted by molar-refractivity contribution is 0.176. The number of phenolic OH excluding ortho intramolecular Hbond substituents is 1. The molecule has 0 aromatic heterocycles. The van der Waals surface area contributed by atoms with E-state index in [1.807, 2.05) is 18.2 Å². The predicted octanol–water partition coefficient (Wildman–Crippen LogP) is 5.48. The fraction of sp³-hybridized carbons (Fsp3) is 0.360. The van der Waals surface area contributed by atoms with Gasteiger partial charge in [-0.3, -0.25) is 4.90 Å². The highest BCUT2D eigenvalue weighted by Crippen LogP contribution is 2.47. The third kappa shape index (κ3) is 2.94. The van der Waals surface area contributed by atoms with Crippen molar-refractivity contribution in [2.45, 2.75) is 39.3 Å². The second-order valence-electron chi connectivity index (χ2n) is 8.08. The van der Waals surface area contributed by atoms with Crippen molar-refractivity contribution in [3.05, 3.63) is 53.1 Å². The van der Waals surface area contributed by atoms with E-state index in [4.69, 9.17) is 9.47 Å². The Morgan fingerprint density at radius 1 is 1.03 bits per heavy atom. The summed E-state index contributed by atoms with van der Waals surface area (Å²) in [5.41, 5.74) is 5.21. The molecule has 0 amide bonds. The largest absolute Gasteiger partial charge is 0.507 e. The lowest BCUT2D eigenvalue weighted by atomic mass is 9.84. The van der Waals surface area contributed by atoms with Gasteiger partial charge < -0.3 is 14.6 Å². The van der Waals surface area contributed by atoms with Gasteiger partial charge in [-0.25, -0.2) is 0 Å². The monoisotopic (exact) mass is 391 g/mol. The zero-order chi connectivity index (χ0) is 20.9. The number of fused-ring (bicyclic) bond motifs is 2. The molecule has 1 aliphatic heterocycles. The van der Waals surface area contributed by atoms with Crippen molar-refractivity contribution in [3.63, 3.8) is 0 Å². The molecule has 1 N–H and O–H groups in total. The van der Waals surface area contributed by atoms with Gasteiger partial charge in [0, 0.05) is 23.2 Å². The summed E-state index contributed by atoms with van der Waals surface area (Å²) in [6.07, 6.45) is 0.945. The number of ether oxygens (including phenoxy) is 2. The standard InChI is InChI=1S/C25H29NO3/c1-14-12-21(29-6)24-18(8-7-9-20(24)28-5)22(14)19-11-10-17-13-15(2)26(4)16(3)23(17)25(19)27/h7-12,15-16,27H,13H2,1-6H3/t15-,16-/m0/s1. The molecule has 0 aliphatic carbocycles. The normalized spacial score (nSPS) is 19.2. The maximum atomic E-state index is 11.4. The third-order valence-corrected chi connectivity index (χ3v) is 6.54. The minimum atomic E-state index is 0.160. The first-order valence-electron chi connectivity index (χ1n) is 10.1. The number of hydrogen-bond acceptors (Lipinski definition) is 4. The molecule has 4 nitrogen and oxygen atoms in total. The van der Waals surface area contributed by atoms with Crippen LogP contribution < -0.4 is 9.47 Å². The summed E-state index contributed by atoms with van der Waals surface area (Å²) in [4.78, 5) is 2.33. The number of aromatic hydroxyl groups is 1. The molecule has 0 unspecified atom stereocenters. The van der Waals surface area contributed by atoms with Crippen molar-refractivity contribution in [2.24, 2.45) is 0 Å². The average molecular weight is 392 g/mol. The van der Waals surface area contributed by atoms with Gasteiger partial charge in [0.25, 0.3) is 0 Å². The van der Waals surface area contributed by atoms with Crippen molar-refractivity contribution in [2.75, 3.05) is 21.3 Å². The first-order chi connectivity index (χ1) is 13.9. The molecule has 1 aliphatic rings. The fourth-order valence-electron chi connectivity index (χ4n) is 4.78. The summed E-state index contributed by atoms with van der Waals surface area (Å²) in [5, 5.41) is 13.4. The topological polar surface area (TPSA) is 41.9 Å². The number of aryl methyl sites for hydroxylation is 1. The number of hydrogen-bond donors (Lipinski definition) is 1. The highest BCUT2D eigenvalue weighted by atomic mass is 16.5. The number of phenols is 1. The van der Waals surface area contributed by atoms with Crippen LogP contribution in [0.4, 0.5) is 0 Å². The van der Waals surface area contributed by atoms with Crippen LogP contribution in [0.5, 0.6) is 17.2 Å². The van der Waals surface area contributed by atoms with E-state index in [2.05, 4.69) is 50.9 Å². The Labute approximate surface area is 172 Å². The molecule has 0 saturated carbocycles. The molecule has 0 saturated heterocycles. The molecule has 0 bridgehead atoms. The lowest BCUT2D eigenvalue weighted by Gasteiger charge is -2.38. The Balaban J connectivity index is 2.03. The summed E-state index contributed by atoms with van der Waals surface area (Å²) in [6.45, 7) is 6.46. The average Bonchev–Trinajstić information content (AvgIpc) is 2.71. The van der Waals surface area contributed by atoms with Crippen molar-refractivity contribution >= 4 is 10.8 Å². The van der Waals surface area contributed by atoms with Crippen LogP contribution in [0.15, 0.2) is 36.4 Å². The van der Waals surface area contributed by atoms with Gasteiger partial charge in [0.05, 0.1) is 19.6 Å². The van der Waals surface area contributed by atoms with Crippen LogP contribution in [-0.4, -0.2) is 37.3 Å². The van der Waals surface area contributed by atoms with Gasteiger partial charge in [-0.2, -0.15) is 0 Å². The SMILES string of the molecule is COc1cccc2c(-c3ccc4c(c3O)[C@H](C)N(C)[C@@H](C)C4)c(C)cc(OC)c12. The smallest absolute Gasteiger partial charge is 0.130 e. The van der Waals surface area contributed by atoms with Crippen LogP contribution >= 0.6 is 0 Å². The molecule has 29 heavy (non-hydrogen) atoms. The quantitative estimate of drug-likeness (QED) is 0.642. The van der Waals surface area contributed by atoms with E-state index in [1.54, 1.807) is 14.2 Å². The molecular formula is C25H29NO3. The number of methoxy groups -OCH3 is 2. The molecule has 1 heterocycles. The predicted molar refractivity (Wildman–Crippen MR) is 118 cm³/mol. The van der Waals surface area contributed by atoms with Gasteiger partial charge in [-0.1, -0.05) is 24.3 Å². The van der Waals surface area contributed by atoms with Crippen molar-refractivity contribution in [3.8, 4) is 28.4 Å². The zero-order valence-corrected chi connectivity index (χ0v) is 18.0. The maximum absolute atomic E-state index is 11.4. The molecular weight excluding hydrogens is 362 g/mol. The second-order valence-corrected chi connectivity index (χ2v) is 8.08. The summed E-state index contributed by atoms with van der Waals surface area (Å²) in [6, 6.07) is 12.9. The summed E-state index contributed by atoms with van der Waals surface area (Å²) < 4.78 is 11.3. The number of nitrogens with zero attached hydrogens (tertiary/aromatic N) is 1. The molecule has 4 rings (SSSR count). The van der Waals surface area contributed by atoms with Gasteiger partial charge in [-0.15, -0.1) is 0 Å². The number of rotatable bonds is 3. The van der Waals surface area contributed by atoms with Gasteiger partial charge >= 0.3 is 0 Å². The van der Waals surface area contributed by atoms with Crippen molar-refractivity contribution < 1.29 is 14.6 Å². The van der Waals surface area contributed by atoms with Crippen LogP contribution in [0.25, 0.3) is 21.9 Å². The van der Waals surface area contributed by atoms with Crippen LogP contribution in [0.2, 0.25) is 0 Å². The fourth-order valence-corrected chi connectivity index (χ4v) is 4.78. The van der Waals surface area contributed by atoms with E-state index in [0.29, 0.717) is 11.8 Å².